The largest absolute Gasteiger partial charge is 0.508 e. The summed E-state index contributed by atoms with van der Waals surface area (Å²) in [6, 6.07) is 7.02. The van der Waals surface area contributed by atoms with Crippen molar-refractivity contribution in [3.05, 3.63) is 35.3 Å². The first kappa shape index (κ1) is 11.0. The Morgan fingerprint density at radius 1 is 1.38 bits per heavy atom. The summed E-state index contributed by atoms with van der Waals surface area (Å²) in [5, 5.41) is 15.4. The first-order valence-corrected chi connectivity index (χ1v) is 6.04. The van der Waals surface area contributed by atoms with Crippen molar-refractivity contribution in [3.8, 4) is 5.75 Å². The van der Waals surface area contributed by atoms with Crippen molar-refractivity contribution >= 4 is 22.2 Å². The van der Waals surface area contributed by atoms with E-state index in [2.05, 4.69) is 29.5 Å². The number of aromatic hydroxyl groups is 1. The third-order valence-electron chi connectivity index (χ3n) is 2.21. The summed E-state index contributed by atoms with van der Waals surface area (Å²) in [7, 11) is 0. The molecule has 16 heavy (non-hydrogen) atoms. The number of anilines is 2. The van der Waals surface area contributed by atoms with Gasteiger partial charge in [0.05, 0.1) is 5.69 Å². The van der Waals surface area contributed by atoms with E-state index in [4.69, 9.17) is 0 Å². The maximum atomic E-state index is 9.33. The standard InChI is InChI=1S/C12H14N2OS/c1-8(2)11-7-16-12(14-11)13-9-4-3-5-10(15)6-9/h3-8,15H,1-2H3,(H,13,14). The van der Waals surface area contributed by atoms with Crippen LogP contribution in [0.3, 0.4) is 0 Å². The SMILES string of the molecule is CC(C)c1csc(Nc2cccc(O)c2)n1. The van der Waals surface area contributed by atoms with Crippen LogP contribution in [-0.2, 0) is 0 Å². The number of nitrogens with one attached hydrogen (secondary N) is 1. The predicted molar refractivity (Wildman–Crippen MR) is 67.6 cm³/mol. The fraction of sp³-hybridized carbons (Fsp3) is 0.250. The van der Waals surface area contributed by atoms with Crippen molar-refractivity contribution in [2.45, 2.75) is 19.8 Å². The van der Waals surface area contributed by atoms with Crippen molar-refractivity contribution in [3.63, 3.8) is 0 Å². The van der Waals surface area contributed by atoms with E-state index in [1.165, 1.54) is 0 Å². The highest BCUT2D eigenvalue weighted by molar-refractivity contribution is 7.13. The van der Waals surface area contributed by atoms with Crippen LogP contribution in [0.15, 0.2) is 29.6 Å². The molecular formula is C12H14N2OS. The molecule has 0 aliphatic rings. The van der Waals surface area contributed by atoms with E-state index in [1.54, 1.807) is 29.5 Å². The summed E-state index contributed by atoms with van der Waals surface area (Å²) in [4.78, 5) is 4.46. The van der Waals surface area contributed by atoms with Gasteiger partial charge in [0.15, 0.2) is 5.13 Å². The Balaban J connectivity index is 2.14. The zero-order valence-electron chi connectivity index (χ0n) is 9.27. The molecule has 0 saturated heterocycles. The van der Waals surface area contributed by atoms with Gasteiger partial charge in [0.25, 0.3) is 0 Å². The molecule has 84 valence electrons. The van der Waals surface area contributed by atoms with Crippen molar-refractivity contribution in [2.75, 3.05) is 5.32 Å². The van der Waals surface area contributed by atoms with Crippen LogP contribution in [-0.4, -0.2) is 10.1 Å². The van der Waals surface area contributed by atoms with E-state index in [0.29, 0.717) is 5.92 Å². The third kappa shape index (κ3) is 2.52. The number of hydrogen-bond donors (Lipinski definition) is 2. The molecule has 2 aromatic rings. The summed E-state index contributed by atoms with van der Waals surface area (Å²) < 4.78 is 0. The zero-order valence-corrected chi connectivity index (χ0v) is 10.1. The lowest BCUT2D eigenvalue weighted by atomic mass is 10.2. The molecule has 0 aliphatic heterocycles. The highest BCUT2D eigenvalue weighted by atomic mass is 32.1. The van der Waals surface area contributed by atoms with E-state index in [-0.39, 0.29) is 5.75 Å². The molecular weight excluding hydrogens is 220 g/mol. The fourth-order valence-electron chi connectivity index (χ4n) is 1.32. The second-order valence-electron chi connectivity index (χ2n) is 3.91. The Morgan fingerprint density at radius 3 is 2.81 bits per heavy atom. The van der Waals surface area contributed by atoms with Gasteiger partial charge in [-0.3, -0.25) is 0 Å². The molecule has 0 bridgehead atoms. The minimum atomic E-state index is 0.255. The average molecular weight is 234 g/mol. The van der Waals surface area contributed by atoms with Gasteiger partial charge in [-0.1, -0.05) is 19.9 Å². The highest BCUT2D eigenvalue weighted by Gasteiger charge is 2.05. The molecule has 3 nitrogen and oxygen atoms in total. The van der Waals surface area contributed by atoms with E-state index in [1.807, 2.05) is 6.07 Å². The second kappa shape index (κ2) is 4.53. The molecule has 1 heterocycles. The van der Waals surface area contributed by atoms with Crippen molar-refractivity contribution in [1.29, 1.82) is 0 Å². The second-order valence-corrected chi connectivity index (χ2v) is 4.77. The predicted octanol–water partition coefficient (Wildman–Crippen LogP) is 3.72. The van der Waals surface area contributed by atoms with Gasteiger partial charge in [0.2, 0.25) is 0 Å². The molecule has 0 saturated carbocycles. The first-order chi connectivity index (χ1) is 7.65. The molecule has 2 N–H and O–H groups in total. The summed E-state index contributed by atoms with van der Waals surface area (Å²) >= 11 is 1.57. The summed E-state index contributed by atoms with van der Waals surface area (Å²) in [6.45, 7) is 4.24. The van der Waals surface area contributed by atoms with Crippen molar-refractivity contribution < 1.29 is 5.11 Å². The van der Waals surface area contributed by atoms with Gasteiger partial charge in [-0.25, -0.2) is 4.98 Å². The molecule has 4 heteroatoms. The molecule has 0 fully saturated rings. The minimum Gasteiger partial charge on any atom is -0.508 e. The summed E-state index contributed by atoms with van der Waals surface area (Å²) in [5.74, 6) is 0.696. The van der Waals surface area contributed by atoms with Crippen LogP contribution in [0.4, 0.5) is 10.8 Å². The average Bonchev–Trinajstić information content (AvgIpc) is 2.66. The van der Waals surface area contributed by atoms with Crippen LogP contribution < -0.4 is 5.32 Å². The molecule has 0 unspecified atom stereocenters. The van der Waals surface area contributed by atoms with Gasteiger partial charge < -0.3 is 10.4 Å². The maximum Gasteiger partial charge on any atom is 0.187 e. The molecule has 0 spiro atoms. The van der Waals surface area contributed by atoms with Crippen LogP contribution in [0.5, 0.6) is 5.75 Å². The van der Waals surface area contributed by atoms with Crippen LogP contribution in [0.1, 0.15) is 25.5 Å². The fourth-order valence-corrected chi connectivity index (χ4v) is 2.21. The highest BCUT2D eigenvalue weighted by Crippen LogP contribution is 2.25. The Morgan fingerprint density at radius 2 is 2.19 bits per heavy atom. The maximum absolute atomic E-state index is 9.33. The minimum absolute atomic E-state index is 0.255. The lowest BCUT2D eigenvalue weighted by molar-refractivity contribution is 0.475. The van der Waals surface area contributed by atoms with E-state index in [9.17, 15) is 5.11 Å². The van der Waals surface area contributed by atoms with Crippen molar-refractivity contribution in [2.24, 2.45) is 0 Å². The van der Waals surface area contributed by atoms with E-state index >= 15 is 0 Å². The molecule has 1 aromatic heterocycles. The van der Waals surface area contributed by atoms with E-state index < -0.39 is 0 Å². The van der Waals surface area contributed by atoms with Gasteiger partial charge in [-0.15, -0.1) is 11.3 Å². The number of rotatable bonds is 3. The van der Waals surface area contributed by atoms with Crippen molar-refractivity contribution in [1.82, 2.24) is 4.98 Å². The first-order valence-electron chi connectivity index (χ1n) is 5.16. The Labute approximate surface area is 98.8 Å². The lowest BCUT2D eigenvalue weighted by Gasteiger charge is -2.02. The number of phenols is 1. The summed E-state index contributed by atoms with van der Waals surface area (Å²) in [6.07, 6.45) is 0. The Kier molecular flexibility index (Phi) is 3.10. The number of aromatic nitrogens is 1. The van der Waals surface area contributed by atoms with Crippen LogP contribution in [0, 0.1) is 0 Å². The Bertz CT molecular complexity index is 479. The topological polar surface area (TPSA) is 45.1 Å². The van der Waals surface area contributed by atoms with Crippen LogP contribution in [0.25, 0.3) is 0 Å². The number of thiazole rings is 1. The lowest BCUT2D eigenvalue weighted by Crippen LogP contribution is -1.91. The number of nitrogens with zero attached hydrogens (tertiary/aromatic N) is 1. The number of benzene rings is 1. The van der Waals surface area contributed by atoms with Crippen LogP contribution in [0.2, 0.25) is 0 Å². The smallest absolute Gasteiger partial charge is 0.187 e. The third-order valence-corrected chi connectivity index (χ3v) is 2.99. The normalized spacial score (nSPS) is 10.7. The van der Waals surface area contributed by atoms with Crippen LogP contribution >= 0.6 is 11.3 Å². The monoisotopic (exact) mass is 234 g/mol. The van der Waals surface area contributed by atoms with E-state index in [0.717, 1.165) is 16.5 Å². The zero-order chi connectivity index (χ0) is 11.5. The van der Waals surface area contributed by atoms with Gasteiger partial charge in [-0.2, -0.15) is 0 Å². The quantitative estimate of drug-likeness (QED) is 0.850. The Hall–Kier alpha value is -1.55. The van der Waals surface area contributed by atoms with Gasteiger partial charge in [0, 0.05) is 17.1 Å². The van der Waals surface area contributed by atoms with Gasteiger partial charge >= 0.3 is 0 Å². The molecule has 0 radical (unpaired) electrons. The molecule has 0 aliphatic carbocycles. The molecule has 2 rings (SSSR count). The van der Waals surface area contributed by atoms with Gasteiger partial charge in [-0.05, 0) is 18.1 Å². The molecule has 1 aromatic carbocycles. The summed E-state index contributed by atoms with van der Waals surface area (Å²) in [5.41, 5.74) is 1.94. The molecule has 0 amide bonds. The number of hydrogen-bond acceptors (Lipinski definition) is 4. The molecule has 0 atom stereocenters. The van der Waals surface area contributed by atoms with Gasteiger partial charge in [0.1, 0.15) is 5.75 Å². The number of phenolic OH excluding ortho intramolecular Hbond substituents is 1.